The van der Waals surface area contributed by atoms with E-state index in [1.807, 2.05) is 0 Å². The van der Waals surface area contributed by atoms with Gasteiger partial charge in [0, 0.05) is 22.0 Å². The van der Waals surface area contributed by atoms with Crippen molar-refractivity contribution < 1.29 is 24.5 Å². The molecule has 0 bridgehead atoms. The lowest BCUT2D eigenvalue weighted by molar-refractivity contribution is -0.152. The maximum atomic E-state index is 13.0. The third-order valence-electron chi connectivity index (χ3n) is 4.50. The normalized spacial score (nSPS) is 12.7. The Labute approximate surface area is 207 Å². The Morgan fingerprint density at radius 1 is 1.06 bits per heavy atom. The summed E-state index contributed by atoms with van der Waals surface area (Å²) in [4.78, 5) is 41.7. The van der Waals surface area contributed by atoms with Gasteiger partial charge in [-0.3, -0.25) is 9.59 Å². The van der Waals surface area contributed by atoms with Gasteiger partial charge in [-0.05, 0) is 53.5 Å². The van der Waals surface area contributed by atoms with Crippen LogP contribution >= 0.6 is 34.7 Å². The molecule has 0 aliphatic rings. The number of benzene rings is 2. The van der Waals surface area contributed by atoms with Crippen molar-refractivity contribution >= 4 is 46.6 Å². The summed E-state index contributed by atoms with van der Waals surface area (Å²) in [6.07, 6.45) is -2.24. The molecule has 0 radical (unpaired) electrons. The zero-order valence-electron chi connectivity index (χ0n) is 17.5. The van der Waals surface area contributed by atoms with Crippen LogP contribution in [0.15, 0.2) is 58.3 Å². The van der Waals surface area contributed by atoms with E-state index in [1.54, 1.807) is 24.3 Å². The molecule has 1 heterocycles. The Kier molecular flexibility index (Phi) is 8.78. The monoisotopic (exact) mass is 526 g/mol. The zero-order chi connectivity index (χ0) is 24.8. The van der Waals surface area contributed by atoms with Crippen molar-refractivity contribution in [3.05, 3.63) is 85.0 Å². The quantitative estimate of drug-likeness (QED) is 0.296. The average Bonchev–Trinajstić information content (AvgIpc) is 3.07. The maximum absolute atomic E-state index is 13.0. The first kappa shape index (κ1) is 25.8. The summed E-state index contributed by atoms with van der Waals surface area (Å²) < 4.78 is 7.40. The fraction of sp³-hybridized carbons (Fsp3) is 0.238. The second kappa shape index (κ2) is 11.6. The van der Waals surface area contributed by atoms with Gasteiger partial charge in [0.25, 0.3) is 5.91 Å². The molecule has 34 heavy (non-hydrogen) atoms. The van der Waals surface area contributed by atoms with Gasteiger partial charge in [0.05, 0.1) is 6.54 Å². The predicted molar refractivity (Wildman–Crippen MR) is 125 cm³/mol. The first-order valence-electron chi connectivity index (χ1n) is 9.82. The van der Waals surface area contributed by atoms with Gasteiger partial charge >= 0.3 is 11.7 Å². The molecule has 13 heteroatoms. The number of nitrogens with zero attached hydrogens (tertiary/aromatic N) is 3. The van der Waals surface area contributed by atoms with Crippen LogP contribution in [0.25, 0.3) is 0 Å². The lowest BCUT2D eigenvalue weighted by Crippen LogP contribution is -2.38. The van der Waals surface area contributed by atoms with Crippen LogP contribution in [0.3, 0.4) is 0 Å². The maximum Gasteiger partial charge on any atom is 0.342 e. The lowest BCUT2D eigenvalue weighted by Gasteiger charge is -2.12. The number of rotatable bonds is 8. The number of aromatic nitrogens is 2. The molecular formula is C21H20Cl2N4O6S. The summed E-state index contributed by atoms with van der Waals surface area (Å²) in [5, 5.41) is 18.9. The second-order valence-electron chi connectivity index (χ2n) is 7.09. The van der Waals surface area contributed by atoms with Gasteiger partial charge in [-0.2, -0.15) is 4.99 Å². The van der Waals surface area contributed by atoms with Crippen molar-refractivity contribution in [2.45, 2.75) is 32.0 Å². The number of hydrogen-bond acceptors (Lipinski definition) is 8. The van der Waals surface area contributed by atoms with Crippen LogP contribution < -0.4 is 16.2 Å². The number of carbonyl (C=O) groups is 2. The minimum atomic E-state index is -1.80. The van der Waals surface area contributed by atoms with E-state index in [1.165, 1.54) is 28.2 Å². The molecule has 10 nitrogen and oxygen atoms in total. The molecule has 4 N–H and O–H groups in total. The summed E-state index contributed by atoms with van der Waals surface area (Å²) >= 11 is 12.7. The summed E-state index contributed by atoms with van der Waals surface area (Å²) in [6, 6.07) is 11.6. The highest BCUT2D eigenvalue weighted by Crippen LogP contribution is 2.12. The molecule has 0 saturated carbocycles. The van der Waals surface area contributed by atoms with Crippen molar-refractivity contribution in [3.63, 3.8) is 0 Å². The molecule has 1 unspecified atom stereocenters. The highest BCUT2D eigenvalue weighted by atomic mass is 35.5. The highest BCUT2D eigenvalue weighted by Gasteiger charge is 2.20. The molecule has 3 rings (SSSR count). The van der Waals surface area contributed by atoms with Gasteiger partial charge in [-0.25, -0.2) is 13.3 Å². The van der Waals surface area contributed by atoms with Gasteiger partial charge < -0.3 is 20.7 Å². The van der Waals surface area contributed by atoms with Crippen molar-refractivity contribution in [1.82, 2.24) is 8.52 Å². The van der Waals surface area contributed by atoms with Gasteiger partial charge in [-0.15, -0.1) is 0 Å². The number of ether oxygens (including phenoxy) is 1. The number of amides is 1. The van der Waals surface area contributed by atoms with Crippen LogP contribution in [-0.2, 0) is 22.8 Å². The van der Waals surface area contributed by atoms with Gasteiger partial charge in [0.15, 0.2) is 13.0 Å². The smallest absolute Gasteiger partial charge is 0.342 e. The van der Waals surface area contributed by atoms with E-state index >= 15 is 0 Å². The third kappa shape index (κ3) is 6.86. The number of esters is 1. The van der Waals surface area contributed by atoms with E-state index in [4.69, 9.17) is 43.9 Å². The molecular weight excluding hydrogens is 507 g/mol. The molecule has 0 fully saturated rings. The summed E-state index contributed by atoms with van der Waals surface area (Å²) in [5.74, 6) is -1.58. The van der Waals surface area contributed by atoms with Crippen LogP contribution in [-0.4, -0.2) is 42.9 Å². The lowest BCUT2D eigenvalue weighted by atomic mass is 10.2. The van der Waals surface area contributed by atoms with E-state index in [9.17, 15) is 14.4 Å². The largest absolute Gasteiger partial charge is 0.442 e. The Morgan fingerprint density at radius 2 is 1.65 bits per heavy atom. The number of hydrogen-bond donors (Lipinski definition) is 3. The molecule has 0 aliphatic heterocycles. The summed E-state index contributed by atoms with van der Waals surface area (Å²) in [7, 11) is 0. The predicted octanol–water partition coefficient (Wildman–Crippen LogP) is 1.34. The van der Waals surface area contributed by atoms with E-state index in [0.717, 1.165) is 21.7 Å². The number of halogens is 2. The molecule has 2 aromatic carbocycles. The molecule has 1 amide bonds. The van der Waals surface area contributed by atoms with Crippen LogP contribution in [0.2, 0.25) is 10.0 Å². The third-order valence-corrected chi connectivity index (χ3v) is 5.98. The topological polar surface area (TPSA) is 149 Å². The SMILES string of the molecule is NC(CC(O)O)C(=O)OCn1c(=NC(=O)c2ccc(Cl)cc2)sn(Cc2ccc(Cl)cc2)c1=O. The van der Waals surface area contributed by atoms with Gasteiger partial charge in [-0.1, -0.05) is 35.3 Å². The fourth-order valence-corrected chi connectivity index (χ4v) is 3.94. The summed E-state index contributed by atoms with van der Waals surface area (Å²) in [5.41, 5.74) is 6.00. The Morgan fingerprint density at radius 3 is 2.24 bits per heavy atom. The molecule has 3 aromatic rings. The van der Waals surface area contributed by atoms with Gasteiger partial charge in [0.2, 0.25) is 4.80 Å². The van der Waals surface area contributed by atoms with Crippen molar-refractivity contribution in [3.8, 4) is 0 Å². The Balaban J connectivity index is 1.93. The number of nitrogens with two attached hydrogens (primary N) is 1. The van der Waals surface area contributed by atoms with E-state index < -0.39 is 43.0 Å². The Bertz CT molecular complexity index is 1280. The van der Waals surface area contributed by atoms with E-state index in [2.05, 4.69) is 4.99 Å². The van der Waals surface area contributed by atoms with Crippen LogP contribution in [0.1, 0.15) is 22.3 Å². The van der Waals surface area contributed by atoms with E-state index in [0.29, 0.717) is 10.0 Å². The van der Waals surface area contributed by atoms with Crippen LogP contribution in [0, 0.1) is 0 Å². The molecule has 1 atom stereocenters. The van der Waals surface area contributed by atoms with Crippen molar-refractivity contribution in [2.24, 2.45) is 10.7 Å². The molecule has 0 saturated heterocycles. The summed E-state index contributed by atoms with van der Waals surface area (Å²) in [6.45, 7) is -0.417. The highest BCUT2D eigenvalue weighted by molar-refractivity contribution is 7.03. The fourth-order valence-electron chi connectivity index (χ4n) is 2.75. The zero-order valence-corrected chi connectivity index (χ0v) is 19.8. The Hall–Kier alpha value is -2.80. The first-order chi connectivity index (χ1) is 16.1. The average molecular weight is 527 g/mol. The number of aliphatic hydroxyl groups is 2. The molecule has 0 spiro atoms. The first-order valence-corrected chi connectivity index (χ1v) is 11.4. The number of carbonyl (C=O) groups excluding carboxylic acids is 2. The minimum Gasteiger partial charge on any atom is -0.442 e. The van der Waals surface area contributed by atoms with E-state index in [-0.39, 0.29) is 16.9 Å². The van der Waals surface area contributed by atoms with Crippen LogP contribution in [0.4, 0.5) is 0 Å². The molecule has 1 aromatic heterocycles. The van der Waals surface area contributed by atoms with Gasteiger partial charge in [0.1, 0.15) is 6.04 Å². The molecule has 0 aliphatic carbocycles. The van der Waals surface area contributed by atoms with Crippen molar-refractivity contribution in [1.29, 1.82) is 0 Å². The molecule has 180 valence electrons. The van der Waals surface area contributed by atoms with Crippen LogP contribution in [0.5, 0.6) is 0 Å². The second-order valence-corrected chi connectivity index (χ2v) is 8.95. The van der Waals surface area contributed by atoms with Crippen molar-refractivity contribution in [2.75, 3.05) is 0 Å². The number of aliphatic hydroxyl groups excluding tert-OH is 1. The minimum absolute atomic E-state index is 0.0116. The standard InChI is InChI=1S/C21H20Cl2N4O6S/c22-14-5-1-12(2-6-14)10-27-21(32)26(11-33-19(31)16(24)9-17(28)29)20(34-27)25-18(30)13-3-7-15(23)8-4-13/h1-8,16-17,28-29H,9-11,24H2.